The van der Waals surface area contributed by atoms with Crippen LogP contribution in [-0.2, 0) is 12.6 Å². The molecule has 3 heteroatoms. The van der Waals surface area contributed by atoms with Crippen molar-refractivity contribution in [3.63, 3.8) is 0 Å². The molecule has 0 aliphatic rings. The van der Waals surface area contributed by atoms with Crippen LogP contribution in [0, 0.1) is 0 Å². The van der Waals surface area contributed by atoms with Crippen LogP contribution in [0.1, 0.15) is 38.3 Å². The highest BCUT2D eigenvalue weighted by molar-refractivity contribution is 5.29. The molecule has 1 aromatic carbocycles. The minimum absolute atomic E-state index is 0.387. The van der Waals surface area contributed by atoms with Gasteiger partial charge in [-0.2, -0.15) is 13.2 Å². The van der Waals surface area contributed by atoms with Crippen LogP contribution in [-0.4, -0.2) is 0 Å². The molecule has 1 aromatic rings. The van der Waals surface area contributed by atoms with E-state index in [4.69, 9.17) is 0 Å². The monoisotopic (exact) mass is 218 g/mol. The van der Waals surface area contributed by atoms with Crippen molar-refractivity contribution in [3.8, 4) is 0 Å². The highest BCUT2D eigenvalue weighted by atomic mass is 19.4. The van der Waals surface area contributed by atoms with E-state index in [2.05, 4.69) is 0 Å². The molecule has 0 radical (unpaired) electrons. The van der Waals surface area contributed by atoms with Crippen LogP contribution in [0.5, 0.6) is 0 Å². The van der Waals surface area contributed by atoms with E-state index < -0.39 is 11.7 Å². The molecule has 15 heavy (non-hydrogen) atoms. The average molecular weight is 218 g/mol. The Kier molecular flexibility index (Phi) is 6.06. The molecule has 0 unspecified atom stereocenters. The summed E-state index contributed by atoms with van der Waals surface area (Å²) in [6.07, 6.45) is -3.01. The summed E-state index contributed by atoms with van der Waals surface area (Å²) in [6.45, 7) is 5.87. The van der Waals surface area contributed by atoms with Gasteiger partial charge in [-0.1, -0.05) is 45.4 Å². The second kappa shape index (κ2) is 6.49. The molecular weight excluding hydrogens is 201 g/mol. The van der Waals surface area contributed by atoms with Crippen molar-refractivity contribution in [2.45, 2.75) is 39.8 Å². The fraction of sp³-hybridized carbons (Fsp3) is 0.500. The van der Waals surface area contributed by atoms with Crippen molar-refractivity contribution < 1.29 is 13.2 Å². The van der Waals surface area contributed by atoms with E-state index in [0.29, 0.717) is 12.0 Å². The third-order valence-corrected chi connectivity index (χ3v) is 1.84. The fourth-order valence-corrected chi connectivity index (χ4v) is 1.28. The molecule has 86 valence electrons. The molecule has 0 aliphatic carbocycles. The van der Waals surface area contributed by atoms with Gasteiger partial charge in [-0.15, -0.1) is 0 Å². The second-order valence-corrected chi connectivity index (χ2v) is 2.90. The normalized spacial score (nSPS) is 10.5. The number of alkyl halides is 3. The summed E-state index contributed by atoms with van der Waals surface area (Å²) in [4.78, 5) is 0. The van der Waals surface area contributed by atoms with E-state index in [1.54, 1.807) is 6.07 Å². The molecule has 1 rings (SSSR count). The first-order valence-corrected chi connectivity index (χ1v) is 5.20. The van der Waals surface area contributed by atoms with E-state index in [9.17, 15) is 13.2 Å². The van der Waals surface area contributed by atoms with Crippen molar-refractivity contribution in [2.75, 3.05) is 0 Å². The van der Waals surface area contributed by atoms with E-state index >= 15 is 0 Å². The van der Waals surface area contributed by atoms with E-state index in [1.165, 1.54) is 12.1 Å². The number of rotatable bonds is 2. The molecule has 0 N–H and O–H groups in total. The van der Waals surface area contributed by atoms with Crippen LogP contribution in [0.2, 0.25) is 0 Å². The minimum atomic E-state index is -4.22. The molecule has 0 aliphatic heterocycles. The molecule has 0 aromatic heterocycles. The van der Waals surface area contributed by atoms with Crippen LogP contribution >= 0.6 is 0 Å². The number of halogens is 3. The number of hydrogen-bond donors (Lipinski definition) is 0. The SMILES string of the molecule is CC.CCCc1ccccc1C(F)(F)F. The summed E-state index contributed by atoms with van der Waals surface area (Å²) in [5.74, 6) is 0. The summed E-state index contributed by atoms with van der Waals surface area (Å²) < 4.78 is 37.1. The van der Waals surface area contributed by atoms with Crippen molar-refractivity contribution in [2.24, 2.45) is 0 Å². The molecule has 0 spiro atoms. The summed E-state index contributed by atoms with van der Waals surface area (Å²) in [5.41, 5.74) is -0.116. The Labute approximate surface area is 89.1 Å². The molecule has 0 saturated carbocycles. The van der Waals surface area contributed by atoms with Crippen LogP contribution < -0.4 is 0 Å². The first-order valence-electron chi connectivity index (χ1n) is 5.20. The Balaban J connectivity index is 0.000000921. The van der Waals surface area contributed by atoms with Crippen molar-refractivity contribution in [3.05, 3.63) is 35.4 Å². The van der Waals surface area contributed by atoms with E-state index in [-0.39, 0.29) is 0 Å². The minimum Gasteiger partial charge on any atom is -0.166 e. The summed E-state index contributed by atoms with van der Waals surface area (Å²) >= 11 is 0. The summed E-state index contributed by atoms with van der Waals surface area (Å²) in [5, 5.41) is 0. The van der Waals surface area contributed by atoms with Gasteiger partial charge in [-0.3, -0.25) is 0 Å². The van der Waals surface area contributed by atoms with Gasteiger partial charge in [0.15, 0.2) is 0 Å². The van der Waals surface area contributed by atoms with Crippen molar-refractivity contribution in [1.82, 2.24) is 0 Å². The predicted octanol–water partition coefficient (Wildman–Crippen LogP) is 4.68. The highest BCUT2D eigenvalue weighted by Crippen LogP contribution is 2.32. The van der Waals surface area contributed by atoms with Gasteiger partial charge in [0.2, 0.25) is 0 Å². The quantitative estimate of drug-likeness (QED) is 0.675. The third-order valence-electron chi connectivity index (χ3n) is 1.84. The average Bonchev–Trinajstić information content (AvgIpc) is 2.21. The Bertz CT molecular complexity index is 276. The Morgan fingerprint density at radius 2 is 1.60 bits per heavy atom. The molecule has 0 saturated heterocycles. The van der Waals surface area contributed by atoms with Crippen LogP contribution in [0.4, 0.5) is 13.2 Å². The number of benzene rings is 1. The maximum atomic E-state index is 12.4. The van der Waals surface area contributed by atoms with Crippen LogP contribution in [0.25, 0.3) is 0 Å². The maximum absolute atomic E-state index is 12.4. The van der Waals surface area contributed by atoms with E-state index in [0.717, 1.165) is 12.5 Å². The second-order valence-electron chi connectivity index (χ2n) is 2.90. The van der Waals surface area contributed by atoms with Crippen LogP contribution in [0.15, 0.2) is 24.3 Å². The zero-order valence-electron chi connectivity index (χ0n) is 9.36. The first-order chi connectivity index (χ1) is 7.05. The molecule has 0 fully saturated rings. The molecule has 0 heterocycles. The molecular formula is C12H17F3. The van der Waals surface area contributed by atoms with Gasteiger partial charge in [-0.05, 0) is 18.1 Å². The lowest BCUT2D eigenvalue weighted by atomic mass is 10.0. The lowest BCUT2D eigenvalue weighted by Crippen LogP contribution is -2.08. The molecule has 0 amide bonds. The largest absolute Gasteiger partial charge is 0.416 e. The Hall–Kier alpha value is -0.990. The van der Waals surface area contributed by atoms with Gasteiger partial charge in [0.05, 0.1) is 5.56 Å². The van der Waals surface area contributed by atoms with Gasteiger partial charge in [0.1, 0.15) is 0 Å². The lowest BCUT2D eigenvalue weighted by molar-refractivity contribution is -0.138. The maximum Gasteiger partial charge on any atom is 0.416 e. The molecule has 0 bridgehead atoms. The standard InChI is InChI=1S/C10H11F3.C2H6/c1-2-5-8-6-3-4-7-9(8)10(11,12)13;1-2/h3-4,6-7H,2,5H2,1H3;1-2H3. The highest BCUT2D eigenvalue weighted by Gasteiger charge is 2.32. The molecule has 0 nitrogen and oxygen atoms in total. The van der Waals surface area contributed by atoms with Gasteiger partial charge >= 0.3 is 6.18 Å². The predicted molar refractivity (Wildman–Crippen MR) is 56.8 cm³/mol. The van der Waals surface area contributed by atoms with Crippen LogP contribution in [0.3, 0.4) is 0 Å². The van der Waals surface area contributed by atoms with Gasteiger partial charge in [0, 0.05) is 0 Å². The summed E-state index contributed by atoms with van der Waals surface area (Å²) in [7, 11) is 0. The zero-order chi connectivity index (χ0) is 11.9. The van der Waals surface area contributed by atoms with E-state index in [1.807, 2.05) is 20.8 Å². The van der Waals surface area contributed by atoms with Gasteiger partial charge < -0.3 is 0 Å². The topological polar surface area (TPSA) is 0 Å². The fourth-order valence-electron chi connectivity index (χ4n) is 1.28. The van der Waals surface area contributed by atoms with Gasteiger partial charge in [-0.25, -0.2) is 0 Å². The zero-order valence-corrected chi connectivity index (χ0v) is 9.36. The third kappa shape index (κ3) is 4.36. The number of hydrogen-bond acceptors (Lipinski definition) is 0. The van der Waals surface area contributed by atoms with Crippen molar-refractivity contribution in [1.29, 1.82) is 0 Å². The summed E-state index contributed by atoms with van der Waals surface area (Å²) in [6, 6.07) is 5.72. The first kappa shape index (κ1) is 14.0. The Morgan fingerprint density at radius 1 is 1.07 bits per heavy atom. The van der Waals surface area contributed by atoms with Gasteiger partial charge in [0.25, 0.3) is 0 Å². The molecule has 0 atom stereocenters. The number of aryl methyl sites for hydroxylation is 1. The smallest absolute Gasteiger partial charge is 0.166 e. The lowest BCUT2D eigenvalue weighted by Gasteiger charge is -2.11. The Morgan fingerprint density at radius 3 is 2.07 bits per heavy atom. The van der Waals surface area contributed by atoms with Crippen molar-refractivity contribution >= 4 is 0 Å².